The van der Waals surface area contributed by atoms with E-state index in [-0.39, 0.29) is 23.8 Å². The lowest BCUT2D eigenvalue weighted by atomic mass is 10.0. The molecular formula is C25H28N4O3. The molecular weight excluding hydrogens is 404 g/mol. The molecule has 7 nitrogen and oxygen atoms in total. The van der Waals surface area contributed by atoms with Gasteiger partial charge in [-0.05, 0) is 62.8 Å². The molecule has 166 valence electrons. The first-order valence-corrected chi connectivity index (χ1v) is 10.8. The molecule has 4 rings (SSSR count). The Bertz CT molecular complexity index is 1050. The zero-order valence-electron chi connectivity index (χ0n) is 18.7. The number of nitrogens with one attached hydrogen (secondary N) is 1. The summed E-state index contributed by atoms with van der Waals surface area (Å²) < 4.78 is 0. The minimum Gasteiger partial charge on any atom is -0.366 e. The van der Waals surface area contributed by atoms with E-state index in [2.05, 4.69) is 17.3 Å². The van der Waals surface area contributed by atoms with Gasteiger partial charge in [-0.2, -0.15) is 0 Å². The average Bonchev–Trinajstić information content (AvgIpc) is 3.04. The van der Waals surface area contributed by atoms with Crippen molar-refractivity contribution in [3.8, 4) is 0 Å². The molecule has 1 N–H and O–H groups in total. The molecule has 2 aromatic rings. The van der Waals surface area contributed by atoms with Crippen LogP contribution in [0.2, 0.25) is 0 Å². The lowest BCUT2D eigenvalue weighted by Gasteiger charge is -2.36. The van der Waals surface area contributed by atoms with E-state index in [9.17, 15) is 14.4 Å². The third-order valence-electron chi connectivity index (χ3n) is 6.16. The molecule has 7 heteroatoms. The van der Waals surface area contributed by atoms with Crippen LogP contribution in [0.1, 0.15) is 25.3 Å². The number of amides is 3. The highest BCUT2D eigenvalue weighted by Crippen LogP contribution is 2.36. The summed E-state index contributed by atoms with van der Waals surface area (Å²) in [4.78, 5) is 44.0. The van der Waals surface area contributed by atoms with E-state index in [1.165, 1.54) is 11.8 Å². The molecule has 0 saturated carbocycles. The van der Waals surface area contributed by atoms with Crippen LogP contribution in [0, 0.1) is 0 Å². The fourth-order valence-corrected chi connectivity index (χ4v) is 4.41. The van der Waals surface area contributed by atoms with Gasteiger partial charge in [0.1, 0.15) is 5.70 Å². The van der Waals surface area contributed by atoms with Crippen molar-refractivity contribution in [3.63, 3.8) is 0 Å². The number of anilines is 2. The molecule has 0 aliphatic carbocycles. The van der Waals surface area contributed by atoms with Gasteiger partial charge >= 0.3 is 0 Å². The highest BCUT2D eigenvalue weighted by Gasteiger charge is 2.43. The first-order chi connectivity index (χ1) is 15.4. The predicted octanol–water partition coefficient (Wildman–Crippen LogP) is 2.96. The quantitative estimate of drug-likeness (QED) is 0.736. The van der Waals surface area contributed by atoms with E-state index >= 15 is 0 Å². The second kappa shape index (κ2) is 8.96. The van der Waals surface area contributed by atoms with E-state index in [0.717, 1.165) is 31.5 Å². The van der Waals surface area contributed by atoms with E-state index < -0.39 is 0 Å². The first kappa shape index (κ1) is 21.8. The Balaban J connectivity index is 1.71. The number of imide groups is 1. The highest BCUT2D eigenvalue weighted by molar-refractivity contribution is 6.45. The summed E-state index contributed by atoms with van der Waals surface area (Å²) in [5, 5.41) is 2.70. The van der Waals surface area contributed by atoms with Crippen LogP contribution >= 0.6 is 0 Å². The van der Waals surface area contributed by atoms with Crippen molar-refractivity contribution in [3.05, 3.63) is 65.9 Å². The summed E-state index contributed by atoms with van der Waals surface area (Å²) in [6.07, 6.45) is 1.87. The number of likely N-dealkylation sites (tertiary alicyclic amines) is 1. The number of carbonyl (C=O) groups excluding carboxylic acids is 3. The minimum absolute atomic E-state index is 0.179. The number of piperidine rings is 1. The minimum atomic E-state index is -0.330. The van der Waals surface area contributed by atoms with E-state index in [0.29, 0.717) is 22.6 Å². The maximum Gasteiger partial charge on any atom is 0.282 e. The van der Waals surface area contributed by atoms with Crippen LogP contribution in [0.25, 0.3) is 5.57 Å². The van der Waals surface area contributed by atoms with Crippen LogP contribution in [-0.2, 0) is 14.4 Å². The first-order valence-electron chi connectivity index (χ1n) is 10.8. The van der Waals surface area contributed by atoms with Gasteiger partial charge in [-0.1, -0.05) is 30.3 Å². The summed E-state index contributed by atoms with van der Waals surface area (Å²) in [5.41, 5.74) is 2.71. The Morgan fingerprint density at radius 2 is 1.59 bits per heavy atom. The smallest absolute Gasteiger partial charge is 0.282 e. The van der Waals surface area contributed by atoms with Crippen molar-refractivity contribution in [1.29, 1.82) is 0 Å². The van der Waals surface area contributed by atoms with E-state index in [1.807, 2.05) is 42.3 Å². The molecule has 2 aliphatic heterocycles. The van der Waals surface area contributed by atoms with E-state index in [1.54, 1.807) is 24.3 Å². The lowest BCUT2D eigenvalue weighted by molar-refractivity contribution is -0.121. The summed E-state index contributed by atoms with van der Waals surface area (Å²) in [7, 11) is 4.02. The number of rotatable bonds is 5. The molecule has 0 bridgehead atoms. The SMILES string of the molecule is CC(=O)Nc1ccc(N2C(=O)C(c3ccccc3)=C(N(C)C3CCN(C)CC3)C2=O)cc1. The fourth-order valence-electron chi connectivity index (χ4n) is 4.41. The molecule has 2 heterocycles. The van der Waals surface area contributed by atoms with Crippen molar-refractivity contribution in [1.82, 2.24) is 9.80 Å². The summed E-state index contributed by atoms with van der Waals surface area (Å²) in [6, 6.07) is 16.3. The van der Waals surface area contributed by atoms with Gasteiger partial charge in [-0.25, -0.2) is 4.90 Å². The van der Waals surface area contributed by atoms with Crippen molar-refractivity contribution >= 4 is 34.7 Å². The molecule has 3 amide bonds. The molecule has 2 aromatic carbocycles. The predicted molar refractivity (Wildman–Crippen MR) is 125 cm³/mol. The maximum atomic E-state index is 13.6. The van der Waals surface area contributed by atoms with Crippen LogP contribution < -0.4 is 10.2 Å². The normalized spacial score (nSPS) is 17.8. The van der Waals surface area contributed by atoms with Gasteiger partial charge in [0.15, 0.2) is 0 Å². The molecule has 1 saturated heterocycles. The maximum absolute atomic E-state index is 13.6. The second-order valence-electron chi connectivity index (χ2n) is 8.41. The van der Waals surface area contributed by atoms with Gasteiger partial charge in [-0.15, -0.1) is 0 Å². The fraction of sp³-hybridized carbons (Fsp3) is 0.320. The number of nitrogens with zero attached hydrogens (tertiary/aromatic N) is 3. The average molecular weight is 433 g/mol. The van der Waals surface area contributed by atoms with Crippen molar-refractivity contribution in [2.45, 2.75) is 25.8 Å². The van der Waals surface area contributed by atoms with Crippen molar-refractivity contribution in [2.75, 3.05) is 37.4 Å². The molecule has 0 atom stereocenters. The van der Waals surface area contributed by atoms with Crippen LogP contribution in [-0.4, -0.2) is 60.7 Å². The van der Waals surface area contributed by atoms with Gasteiger partial charge in [0, 0.05) is 25.7 Å². The zero-order valence-corrected chi connectivity index (χ0v) is 18.7. The van der Waals surface area contributed by atoms with Gasteiger partial charge in [0.05, 0.1) is 11.3 Å². The number of likely N-dealkylation sites (N-methyl/N-ethyl adjacent to an activating group) is 1. The summed E-state index contributed by atoms with van der Waals surface area (Å²) in [5.74, 6) is -0.827. The molecule has 0 unspecified atom stereocenters. The largest absolute Gasteiger partial charge is 0.366 e. The van der Waals surface area contributed by atoms with Crippen molar-refractivity contribution in [2.24, 2.45) is 0 Å². The third-order valence-corrected chi connectivity index (χ3v) is 6.16. The summed E-state index contributed by atoms with van der Waals surface area (Å²) in [6.45, 7) is 3.35. The number of hydrogen-bond donors (Lipinski definition) is 1. The standard InChI is InChI=1S/C25H28N4O3/c1-17(30)26-19-9-11-21(12-10-19)29-24(31)22(18-7-5-4-6-8-18)23(25(29)32)28(3)20-13-15-27(2)16-14-20/h4-12,20H,13-16H2,1-3H3,(H,26,30). The van der Waals surface area contributed by atoms with Gasteiger partial charge in [0.25, 0.3) is 11.8 Å². The Kier molecular flexibility index (Phi) is 6.10. The molecule has 1 fully saturated rings. The Labute approximate surface area is 188 Å². The van der Waals surface area contributed by atoms with E-state index in [4.69, 9.17) is 0 Å². The highest BCUT2D eigenvalue weighted by atomic mass is 16.2. The number of benzene rings is 2. The molecule has 0 radical (unpaired) electrons. The molecule has 32 heavy (non-hydrogen) atoms. The monoisotopic (exact) mass is 432 g/mol. The van der Waals surface area contributed by atoms with Gasteiger partial charge in [-0.3, -0.25) is 14.4 Å². The molecule has 2 aliphatic rings. The number of hydrogen-bond acceptors (Lipinski definition) is 5. The van der Waals surface area contributed by atoms with Gasteiger partial charge in [0.2, 0.25) is 5.91 Å². The topological polar surface area (TPSA) is 73.0 Å². The lowest BCUT2D eigenvalue weighted by Crippen LogP contribution is -2.43. The number of carbonyl (C=O) groups is 3. The Morgan fingerprint density at radius 3 is 2.19 bits per heavy atom. The van der Waals surface area contributed by atoms with Crippen molar-refractivity contribution < 1.29 is 14.4 Å². The van der Waals surface area contributed by atoms with Crippen LogP contribution in [0.4, 0.5) is 11.4 Å². The zero-order chi connectivity index (χ0) is 22.8. The Hall–Kier alpha value is -3.45. The third kappa shape index (κ3) is 4.16. The van der Waals surface area contributed by atoms with Crippen LogP contribution in [0.5, 0.6) is 0 Å². The molecule has 0 aromatic heterocycles. The van der Waals surface area contributed by atoms with Crippen LogP contribution in [0.15, 0.2) is 60.3 Å². The van der Waals surface area contributed by atoms with Crippen LogP contribution in [0.3, 0.4) is 0 Å². The molecule has 0 spiro atoms. The Morgan fingerprint density at radius 1 is 0.969 bits per heavy atom. The second-order valence-corrected chi connectivity index (χ2v) is 8.41. The summed E-state index contributed by atoms with van der Waals surface area (Å²) >= 11 is 0. The van der Waals surface area contributed by atoms with Gasteiger partial charge < -0.3 is 15.1 Å².